The summed E-state index contributed by atoms with van der Waals surface area (Å²) < 4.78 is 35.0. The van der Waals surface area contributed by atoms with Gasteiger partial charge in [0.25, 0.3) is 0 Å². The van der Waals surface area contributed by atoms with Crippen LogP contribution in [0, 0.1) is 19.8 Å². The van der Waals surface area contributed by atoms with Gasteiger partial charge in [0.1, 0.15) is 0 Å². The molecular weight excluding hydrogens is 482 g/mol. The second-order valence-corrected chi connectivity index (χ2v) is 12.5. The predicted molar refractivity (Wildman–Crippen MR) is 138 cm³/mol. The monoisotopic (exact) mass is 513 g/mol. The van der Waals surface area contributed by atoms with Crippen LogP contribution in [0.5, 0.6) is 0 Å². The number of thiazole rings is 1. The molecule has 0 aliphatic carbocycles. The van der Waals surface area contributed by atoms with Gasteiger partial charge < -0.3 is 4.74 Å². The third-order valence-corrected chi connectivity index (χ3v) is 9.83. The van der Waals surface area contributed by atoms with Crippen LogP contribution in [0.3, 0.4) is 0 Å². The second-order valence-electron chi connectivity index (χ2n) is 9.52. The molecule has 2 aliphatic heterocycles. The number of amides is 1. The summed E-state index contributed by atoms with van der Waals surface area (Å²) in [6.07, 6.45) is 3.17. The Morgan fingerprint density at radius 1 is 1.14 bits per heavy atom. The first-order chi connectivity index (χ1) is 16.8. The summed E-state index contributed by atoms with van der Waals surface area (Å²) in [5.74, 6) is -0.487. The van der Waals surface area contributed by atoms with Crippen LogP contribution in [0.4, 0.5) is 5.13 Å². The first-order valence-electron chi connectivity index (χ1n) is 12.2. The maximum Gasteiger partial charge on any atom is 0.243 e. The molecule has 1 amide bonds. The number of hydrogen-bond donors (Lipinski definition) is 0. The summed E-state index contributed by atoms with van der Waals surface area (Å²) in [5.41, 5.74) is 2.99. The molecule has 1 aromatic heterocycles. The molecule has 2 unspecified atom stereocenters. The van der Waals surface area contributed by atoms with Crippen molar-refractivity contribution >= 4 is 42.6 Å². The van der Waals surface area contributed by atoms with E-state index in [1.165, 1.54) is 15.6 Å². The first kappa shape index (κ1) is 24.4. The van der Waals surface area contributed by atoms with Gasteiger partial charge in [0.2, 0.25) is 15.9 Å². The van der Waals surface area contributed by atoms with Crippen molar-refractivity contribution in [3.8, 4) is 0 Å². The van der Waals surface area contributed by atoms with Crippen molar-refractivity contribution in [2.75, 3.05) is 31.1 Å². The Labute approximate surface area is 210 Å². The van der Waals surface area contributed by atoms with Gasteiger partial charge in [-0.15, -0.1) is 0 Å². The average molecular weight is 514 g/mol. The van der Waals surface area contributed by atoms with Gasteiger partial charge in [-0.1, -0.05) is 41.2 Å². The molecule has 0 spiro atoms. The Bertz CT molecular complexity index is 1310. The highest BCUT2D eigenvalue weighted by Gasteiger charge is 2.37. The first-order valence-corrected chi connectivity index (χ1v) is 14.4. The fraction of sp³-hybridized carbons (Fsp3) is 0.462. The quantitative estimate of drug-likeness (QED) is 0.484. The maximum absolute atomic E-state index is 13.9. The van der Waals surface area contributed by atoms with E-state index in [4.69, 9.17) is 9.72 Å². The van der Waals surface area contributed by atoms with Gasteiger partial charge in [-0.3, -0.25) is 9.69 Å². The lowest BCUT2D eigenvalue weighted by Crippen LogP contribution is -2.48. The lowest BCUT2D eigenvalue weighted by Gasteiger charge is -2.34. The largest absolute Gasteiger partial charge is 0.376 e. The molecule has 7 nitrogen and oxygen atoms in total. The van der Waals surface area contributed by atoms with Crippen LogP contribution in [0.25, 0.3) is 10.2 Å². The highest BCUT2D eigenvalue weighted by molar-refractivity contribution is 7.89. The predicted octanol–water partition coefficient (Wildman–Crippen LogP) is 4.53. The Hall–Kier alpha value is -2.33. The SMILES string of the molecule is Cc1ccc(S(=O)(=O)N2CCCC(C(=O)N(CC3CCCO3)c3nc4c(C)cccc4s3)C2)cc1. The third kappa shape index (κ3) is 5.00. The fourth-order valence-corrected chi connectivity index (χ4v) is 7.47. The van der Waals surface area contributed by atoms with E-state index in [9.17, 15) is 13.2 Å². The van der Waals surface area contributed by atoms with Crippen LogP contribution in [0.15, 0.2) is 47.4 Å². The van der Waals surface area contributed by atoms with Crippen molar-refractivity contribution in [2.45, 2.75) is 50.5 Å². The number of sulfonamides is 1. The molecule has 5 rings (SSSR count). The van der Waals surface area contributed by atoms with Gasteiger partial charge in [-0.05, 0) is 63.3 Å². The number of hydrogen-bond acceptors (Lipinski definition) is 6. The lowest BCUT2D eigenvalue weighted by molar-refractivity contribution is -0.123. The number of ether oxygens (including phenoxy) is 1. The summed E-state index contributed by atoms with van der Waals surface area (Å²) in [5, 5.41) is 0.660. The zero-order valence-corrected chi connectivity index (χ0v) is 21.8. The van der Waals surface area contributed by atoms with E-state index >= 15 is 0 Å². The van der Waals surface area contributed by atoms with Crippen molar-refractivity contribution in [3.05, 3.63) is 53.6 Å². The molecule has 35 heavy (non-hydrogen) atoms. The lowest BCUT2D eigenvalue weighted by atomic mass is 9.98. The molecule has 0 radical (unpaired) electrons. The highest BCUT2D eigenvalue weighted by Crippen LogP contribution is 2.34. The number of aryl methyl sites for hydroxylation is 2. The number of benzene rings is 2. The van der Waals surface area contributed by atoms with Gasteiger partial charge in [0.05, 0.1) is 33.7 Å². The van der Waals surface area contributed by atoms with E-state index < -0.39 is 15.9 Å². The van der Waals surface area contributed by atoms with E-state index in [1.807, 2.05) is 32.0 Å². The molecule has 0 saturated carbocycles. The summed E-state index contributed by atoms with van der Waals surface area (Å²) in [4.78, 5) is 20.8. The molecule has 2 aromatic carbocycles. The molecule has 9 heteroatoms. The number of carbonyl (C=O) groups excluding carboxylic acids is 1. The van der Waals surface area contributed by atoms with Crippen LogP contribution in [-0.2, 0) is 19.6 Å². The number of piperidine rings is 1. The van der Waals surface area contributed by atoms with Crippen molar-refractivity contribution in [1.82, 2.24) is 9.29 Å². The maximum atomic E-state index is 13.9. The average Bonchev–Trinajstić information content (AvgIpc) is 3.53. The molecule has 186 valence electrons. The summed E-state index contributed by atoms with van der Waals surface area (Å²) in [7, 11) is -3.66. The highest BCUT2D eigenvalue weighted by atomic mass is 32.2. The zero-order valence-electron chi connectivity index (χ0n) is 20.1. The molecule has 0 bridgehead atoms. The van der Waals surface area contributed by atoms with E-state index in [0.29, 0.717) is 37.7 Å². The molecular formula is C26H31N3O4S2. The van der Waals surface area contributed by atoms with Crippen LogP contribution in [0.2, 0.25) is 0 Å². The van der Waals surface area contributed by atoms with Crippen molar-refractivity contribution in [3.63, 3.8) is 0 Å². The normalized spacial score (nSPS) is 21.4. The van der Waals surface area contributed by atoms with Crippen molar-refractivity contribution in [1.29, 1.82) is 0 Å². The molecule has 0 N–H and O–H groups in total. The Kier molecular flexibility index (Phi) is 6.94. The zero-order chi connectivity index (χ0) is 24.6. The minimum absolute atomic E-state index is 0.0250. The van der Waals surface area contributed by atoms with Gasteiger partial charge in [0.15, 0.2) is 5.13 Å². The van der Waals surface area contributed by atoms with E-state index in [-0.39, 0.29) is 23.5 Å². The summed E-state index contributed by atoms with van der Waals surface area (Å²) in [6.45, 7) is 5.70. The van der Waals surface area contributed by atoms with Crippen LogP contribution in [0.1, 0.15) is 36.8 Å². The Morgan fingerprint density at radius 3 is 2.66 bits per heavy atom. The molecule has 2 fully saturated rings. The Balaban J connectivity index is 1.42. The fourth-order valence-electron chi connectivity index (χ4n) is 4.89. The van der Waals surface area contributed by atoms with E-state index in [1.54, 1.807) is 29.2 Å². The smallest absolute Gasteiger partial charge is 0.243 e. The molecule has 3 aromatic rings. The number of fused-ring (bicyclic) bond motifs is 1. The molecule has 2 saturated heterocycles. The van der Waals surface area contributed by atoms with Crippen molar-refractivity contribution in [2.24, 2.45) is 5.92 Å². The topological polar surface area (TPSA) is 79.8 Å². The number of nitrogens with zero attached hydrogens (tertiary/aromatic N) is 3. The molecule has 2 atom stereocenters. The molecule has 2 aliphatic rings. The van der Waals surface area contributed by atoms with Crippen LogP contribution < -0.4 is 4.90 Å². The van der Waals surface area contributed by atoms with Crippen molar-refractivity contribution < 1.29 is 17.9 Å². The van der Waals surface area contributed by atoms with Gasteiger partial charge in [-0.25, -0.2) is 13.4 Å². The van der Waals surface area contributed by atoms with Crippen LogP contribution >= 0.6 is 11.3 Å². The summed E-state index contributed by atoms with van der Waals surface area (Å²) >= 11 is 1.51. The summed E-state index contributed by atoms with van der Waals surface area (Å²) in [6, 6.07) is 12.9. The van der Waals surface area contributed by atoms with Gasteiger partial charge >= 0.3 is 0 Å². The number of para-hydroxylation sites is 1. The van der Waals surface area contributed by atoms with E-state index in [2.05, 4.69) is 0 Å². The minimum Gasteiger partial charge on any atom is -0.376 e. The number of anilines is 1. The number of rotatable bonds is 6. The van der Waals surface area contributed by atoms with Crippen LogP contribution in [-0.4, -0.2) is 56.0 Å². The second kappa shape index (κ2) is 9.97. The Morgan fingerprint density at radius 2 is 1.94 bits per heavy atom. The molecule has 3 heterocycles. The van der Waals surface area contributed by atoms with Gasteiger partial charge in [-0.2, -0.15) is 4.31 Å². The van der Waals surface area contributed by atoms with Gasteiger partial charge in [0, 0.05) is 19.7 Å². The standard InChI is InChI=1S/C26H31N3O4S2/c1-18-10-12-22(13-11-18)35(31,32)28-14-4-7-20(16-28)25(30)29(17-21-8-5-15-33-21)26-27-24-19(2)6-3-9-23(24)34-26/h3,6,9-13,20-21H,4-5,7-8,14-17H2,1-2H3. The minimum atomic E-state index is -3.66. The van der Waals surface area contributed by atoms with E-state index in [0.717, 1.165) is 34.2 Å². The number of carbonyl (C=O) groups is 1. The third-order valence-electron chi connectivity index (χ3n) is 6.91. The number of aromatic nitrogens is 1.